The van der Waals surface area contributed by atoms with Crippen LogP contribution in [0.15, 0.2) is 0 Å². The second-order valence-corrected chi connectivity index (χ2v) is 5.64. The molecule has 0 rings (SSSR count). The highest BCUT2D eigenvalue weighted by atomic mass is 16.2. The predicted octanol–water partition coefficient (Wildman–Crippen LogP) is 2.40. The summed E-state index contributed by atoms with van der Waals surface area (Å²) >= 11 is 0. The molecular weight excluding hydrogens is 200 g/mol. The van der Waals surface area contributed by atoms with Gasteiger partial charge < -0.3 is 10.6 Å². The van der Waals surface area contributed by atoms with Gasteiger partial charge in [0.05, 0.1) is 5.41 Å². The molecule has 0 spiro atoms. The van der Waals surface area contributed by atoms with Crippen molar-refractivity contribution in [2.45, 2.75) is 59.9 Å². The number of nitrogens with zero attached hydrogens (tertiary/aromatic N) is 1. The summed E-state index contributed by atoms with van der Waals surface area (Å²) in [4.78, 5) is 14.4. The van der Waals surface area contributed by atoms with Gasteiger partial charge in [0.1, 0.15) is 0 Å². The number of nitrogens with two attached hydrogens (primary N) is 1. The third kappa shape index (κ3) is 3.48. The maximum Gasteiger partial charge on any atom is 0.230 e. The van der Waals surface area contributed by atoms with Gasteiger partial charge in [-0.05, 0) is 40.5 Å². The van der Waals surface area contributed by atoms with Gasteiger partial charge in [0.25, 0.3) is 0 Å². The molecule has 0 aromatic heterocycles. The van der Waals surface area contributed by atoms with Crippen molar-refractivity contribution in [2.24, 2.45) is 11.1 Å². The third-order valence-corrected chi connectivity index (χ3v) is 3.42. The van der Waals surface area contributed by atoms with E-state index in [4.69, 9.17) is 5.73 Å². The highest BCUT2D eigenvalue weighted by Crippen LogP contribution is 2.30. The van der Waals surface area contributed by atoms with Crippen LogP contribution in [-0.2, 0) is 4.79 Å². The van der Waals surface area contributed by atoms with Crippen LogP contribution in [0.4, 0.5) is 0 Å². The van der Waals surface area contributed by atoms with Gasteiger partial charge in [0.15, 0.2) is 0 Å². The van der Waals surface area contributed by atoms with Crippen LogP contribution >= 0.6 is 0 Å². The van der Waals surface area contributed by atoms with Gasteiger partial charge in [0, 0.05) is 18.6 Å². The SMILES string of the molecule is CCCN(CCC)C(=O)C(C)(C)C(C)(C)N. The van der Waals surface area contributed by atoms with Gasteiger partial charge in [0.2, 0.25) is 5.91 Å². The standard InChI is InChI=1S/C13H28N2O/c1-7-9-15(10-8-2)11(16)12(3,4)13(5,6)14/h7-10,14H2,1-6H3. The van der Waals surface area contributed by atoms with Crippen molar-refractivity contribution in [2.75, 3.05) is 13.1 Å². The zero-order valence-corrected chi connectivity index (χ0v) is 11.8. The van der Waals surface area contributed by atoms with Crippen molar-refractivity contribution in [3.63, 3.8) is 0 Å². The second-order valence-electron chi connectivity index (χ2n) is 5.64. The van der Waals surface area contributed by atoms with Crippen molar-refractivity contribution in [1.29, 1.82) is 0 Å². The van der Waals surface area contributed by atoms with E-state index >= 15 is 0 Å². The minimum absolute atomic E-state index is 0.170. The highest BCUT2D eigenvalue weighted by molar-refractivity contribution is 5.83. The minimum Gasteiger partial charge on any atom is -0.342 e. The molecule has 0 atom stereocenters. The predicted molar refractivity (Wildman–Crippen MR) is 69.2 cm³/mol. The van der Waals surface area contributed by atoms with E-state index in [1.165, 1.54) is 0 Å². The zero-order valence-electron chi connectivity index (χ0n) is 11.8. The van der Waals surface area contributed by atoms with E-state index in [1.54, 1.807) is 0 Å². The van der Waals surface area contributed by atoms with Gasteiger partial charge in [-0.15, -0.1) is 0 Å². The Labute approximate surface area is 100 Å². The molecule has 0 aliphatic carbocycles. The van der Waals surface area contributed by atoms with Crippen molar-refractivity contribution in [3.8, 4) is 0 Å². The molecule has 0 fully saturated rings. The zero-order chi connectivity index (χ0) is 13.0. The lowest BCUT2D eigenvalue weighted by molar-refractivity contribution is -0.143. The summed E-state index contributed by atoms with van der Waals surface area (Å²) in [7, 11) is 0. The van der Waals surface area contributed by atoms with Crippen LogP contribution in [0.5, 0.6) is 0 Å². The molecule has 0 saturated heterocycles. The summed E-state index contributed by atoms with van der Waals surface area (Å²) in [6.07, 6.45) is 1.99. The lowest BCUT2D eigenvalue weighted by Gasteiger charge is -2.40. The van der Waals surface area contributed by atoms with E-state index in [9.17, 15) is 4.79 Å². The summed E-state index contributed by atoms with van der Waals surface area (Å²) in [5.74, 6) is 0.170. The van der Waals surface area contributed by atoms with Crippen LogP contribution < -0.4 is 5.73 Å². The summed E-state index contributed by atoms with van der Waals surface area (Å²) in [6, 6.07) is 0. The number of carbonyl (C=O) groups excluding carboxylic acids is 1. The van der Waals surface area contributed by atoms with Crippen LogP contribution in [0.25, 0.3) is 0 Å². The Bertz CT molecular complexity index is 223. The van der Waals surface area contributed by atoms with Gasteiger partial charge in [-0.2, -0.15) is 0 Å². The van der Waals surface area contributed by atoms with Crippen LogP contribution in [0.1, 0.15) is 54.4 Å². The van der Waals surface area contributed by atoms with E-state index < -0.39 is 11.0 Å². The lowest BCUT2D eigenvalue weighted by atomic mass is 9.74. The molecule has 0 saturated carbocycles. The largest absolute Gasteiger partial charge is 0.342 e. The number of hydrogen-bond acceptors (Lipinski definition) is 2. The molecule has 0 heterocycles. The summed E-state index contributed by atoms with van der Waals surface area (Å²) in [5.41, 5.74) is 5.08. The Balaban J connectivity index is 4.85. The molecule has 0 aliphatic rings. The molecule has 0 aromatic carbocycles. The monoisotopic (exact) mass is 228 g/mol. The molecule has 0 radical (unpaired) electrons. The summed E-state index contributed by atoms with van der Waals surface area (Å²) in [5, 5.41) is 0. The fraction of sp³-hybridized carbons (Fsp3) is 0.923. The molecule has 3 heteroatoms. The normalized spacial score (nSPS) is 12.7. The van der Waals surface area contributed by atoms with Crippen molar-refractivity contribution < 1.29 is 4.79 Å². The van der Waals surface area contributed by atoms with Crippen molar-refractivity contribution in [3.05, 3.63) is 0 Å². The molecule has 0 unspecified atom stereocenters. The van der Waals surface area contributed by atoms with E-state index in [0.717, 1.165) is 25.9 Å². The van der Waals surface area contributed by atoms with Crippen LogP contribution in [-0.4, -0.2) is 29.4 Å². The fourth-order valence-corrected chi connectivity index (χ4v) is 1.53. The Morgan fingerprint density at radius 3 is 1.69 bits per heavy atom. The molecule has 96 valence electrons. The van der Waals surface area contributed by atoms with Crippen LogP contribution in [0.3, 0.4) is 0 Å². The first-order chi connectivity index (χ1) is 7.18. The molecule has 1 amide bonds. The molecule has 0 aromatic rings. The van der Waals surface area contributed by atoms with Crippen molar-refractivity contribution in [1.82, 2.24) is 4.90 Å². The second kappa shape index (κ2) is 5.67. The Kier molecular flexibility index (Phi) is 5.47. The Hall–Kier alpha value is -0.570. The fourth-order valence-electron chi connectivity index (χ4n) is 1.53. The number of rotatable bonds is 6. The molecule has 0 bridgehead atoms. The first-order valence-electron chi connectivity index (χ1n) is 6.26. The van der Waals surface area contributed by atoms with E-state index in [1.807, 2.05) is 32.6 Å². The first-order valence-corrected chi connectivity index (χ1v) is 6.26. The maximum absolute atomic E-state index is 12.4. The average Bonchev–Trinajstić information content (AvgIpc) is 2.14. The first kappa shape index (κ1) is 15.4. The summed E-state index contributed by atoms with van der Waals surface area (Å²) in [6.45, 7) is 13.6. The molecular formula is C13H28N2O. The van der Waals surface area contributed by atoms with Gasteiger partial charge in [-0.25, -0.2) is 0 Å². The Morgan fingerprint density at radius 1 is 1.06 bits per heavy atom. The minimum atomic E-state index is -0.517. The topological polar surface area (TPSA) is 46.3 Å². The van der Waals surface area contributed by atoms with Gasteiger partial charge in [-0.3, -0.25) is 4.79 Å². The van der Waals surface area contributed by atoms with E-state index in [2.05, 4.69) is 13.8 Å². The highest BCUT2D eigenvalue weighted by Gasteiger charge is 2.42. The molecule has 2 N–H and O–H groups in total. The van der Waals surface area contributed by atoms with Gasteiger partial charge in [-0.1, -0.05) is 13.8 Å². The van der Waals surface area contributed by atoms with E-state index in [-0.39, 0.29) is 5.91 Å². The quantitative estimate of drug-likeness (QED) is 0.759. The average molecular weight is 228 g/mol. The Morgan fingerprint density at radius 2 is 1.44 bits per heavy atom. The number of hydrogen-bond donors (Lipinski definition) is 1. The number of carbonyl (C=O) groups is 1. The molecule has 3 nitrogen and oxygen atoms in total. The maximum atomic E-state index is 12.4. The third-order valence-electron chi connectivity index (χ3n) is 3.42. The van der Waals surface area contributed by atoms with Crippen LogP contribution in [0, 0.1) is 5.41 Å². The van der Waals surface area contributed by atoms with Crippen molar-refractivity contribution >= 4 is 5.91 Å². The van der Waals surface area contributed by atoms with E-state index in [0.29, 0.717) is 0 Å². The summed E-state index contributed by atoms with van der Waals surface area (Å²) < 4.78 is 0. The number of amides is 1. The van der Waals surface area contributed by atoms with Crippen LogP contribution in [0.2, 0.25) is 0 Å². The molecule has 0 aliphatic heterocycles. The van der Waals surface area contributed by atoms with Gasteiger partial charge >= 0.3 is 0 Å². The smallest absolute Gasteiger partial charge is 0.230 e. The lowest BCUT2D eigenvalue weighted by Crippen LogP contribution is -2.56. The molecule has 16 heavy (non-hydrogen) atoms.